The molecule has 4 rings (SSSR count). The highest BCUT2D eigenvalue weighted by molar-refractivity contribution is 8.08. The molecule has 0 aromatic heterocycles. The molecule has 3 N–H and O–H groups in total. The number of carbonyl (C=O) groups is 4. The van der Waals surface area contributed by atoms with Crippen molar-refractivity contribution < 1.29 is 19.2 Å². The molecule has 1 unspecified atom stereocenters. The number of hydrogen-bond acceptors (Lipinski definition) is 6. The Balaban J connectivity index is 1.55. The predicted octanol–water partition coefficient (Wildman–Crippen LogP) is 1.16. The summed E-state index contributed by atoms with van der Waals surface area (Å²) in [6.07, 6.45) is 4.37. The van der Waals surface area contributed by atoms with E-state index >= 15 is 0 Å². The largest absolute Gasteiger partial charge is 0.340 e. The normalized spacial score (nSPS) is 21.8. The first-order valence-electron chi connectivity index (χ1n) is 10.8. The molecule has 3 heterocycles. The average molecular weight is 455 g/mol. The number of nitrogens with one attached hydrogen (secondary N) is 3. The average Bonchev–Trinajstić information content (AvgIpc) is 3.29. The van der Waals surface area contributed by atoms with Gasteiger partial charge in [0, 0.05) is 22.8 Å². The van der Waals surface area contributed by atoms with Crippen LogP contribution in [0.2, 0.25) is 0 Å². The topological polar surface area (TPSA) is 108 Å². The standard InChI is InChI=1S/C23H26N4O4S/c28-20-9-8-17(23(31)26-20)25-22(30)16-12-19(15-6-2-1-3-7-15)32-14-18(16)24-21(29)13-27-10-4-5-11-27/h1-3,6-7,12,17H,4-5,8-11,13-14H2,(H,24,29)(H,25,30)(H,26,28,31). The molecule has 0 spiro atoms. The van der Waals surface area contributed by atoms with E-state index in [1.807, 2.05) is 30.3 Å². The van der Waals surface area contributed by atoms with Crippen LogP contribution < -0.4 is 16.0 Å². The lowest BCUT2D eigenvalue weighted by atomic mass is 10.0. The number of carbonyl (C=O) groups excluding carboxylic acids is 4. The van der Waals surface area contributed by atoms with Gasteiger partial charge >= 0.3 is 0 Å². The number of rotatable bonds is 6. The second-order valence-corrected chi connectivity index (χ2v) is 9.08. The zero-order valence-electron chi connectivity index (χ0n) is 17.7. The lowest BCUT2D eigenvalue weighted by molar-refractivity contribution is -0.136. The van der Waals surface area contributed by atoms with Crippen molar-refractivity contribution in [2.75, 3.05) is 25.4 Å². The van der Waals surface area contributed by atoms with E-state index in [0.29, 0.717) is 23.6 Å². The van der Waals surface area contributed by atoms with E-state index in [2.05, 4.69) is 20.9 Å². The Morgan fingerprint density at radius 3 is 2.59 bits per heavy atom. The molecular formula is C23H26N4O4S. The zero-order chi connectivity index (χ0) is 22.5. The van der Waals surface area contributed by atoms with Crippen molar-refractivity contribution in [3.63, 3.8) is 0 Å². The molecule has 1 atom stereocenters. The minimum absolute atomic E-state index is 0.148. The summed E-state index contributed by atoms with van der Waals surface area (Å²) < 4.78 is 0. The van der Waals surface area contributed by atoms with Gasteiger partial charge in [0.05, 0.1) is 12.1 Å². The van der Waals surface area contributed by atoms with Crippen LogP contribution >= 0.6 is 11.8 Å². The maximum atomic E-state index is 13.2. The van der Waals surface area contributed by atoms with Crippen LogP contribution in [0, 0.1) is 0 Å². The number of hydrogen-bond donors (Lipinski definition) is 3. The summed E-state index contributed by atoms with van der Waals surface area (Å²) in [6.45, 7) is 2.11. The van der Waals surface area contributed by atoms with Gasteiger partial charge in [0.25, 0.3) is 5.91 Å². The van der Waals surface area contributed by atoms with Crippen molar-refractivity contribution in [1.29, 1.82) is 0 Å². The van der Waals surface area contributed by atoms with Crippen molar-refractivity contribution in [2.45, 2.75) is 31.7 Å². The van der Waals surface area contributed by atoms with Gasteiger partial charge in [-0.05, 0) is 44.0 Å². The number of likely N-dealkylation sites (tertiary alicyclic amines) is 1. The number of piperidine rings is 1. The molecule has 2 saturated heterocycles. The quantitative estimate of drug-likeness (QED) is 0.557. The first kappa shape index (κ1) is 22.3. The molecule has 0 saturated carbocycles. The molecule has 3 aliphatic rings. The molecule has 2 fully saturated rings. The maximum absolute atomic E-state index is 13.2. The van der Waals surface area contributed by atoms with Crippen molar-refractivity contribution >= 4 is 40.3 Å². The van der Waals surface area contributed by atoms with Gasteiger partial charge in [0.1, 0.15) is 6.04 Å². The Labute approximate surface area is 190 Å². The third kappa shape index (κ3) is 5.46. The molecule has 168 valence electrons. The van der Waals surface area contributed by atoms with Crippen LogP contribution in [0.1, 0.15) is 31.2 Å². The van der Waals surface area contributed by atoms with Crippen LogP contribution in [0.3, 0.4) is 0 Å². The van der Waals surface area contributed by atoms with Crippen LogP contribution in [0.15, 0.2) is 47.7 Å². The minimum atomic E-state index is -0.780. The first-order chi connectivity index (χ1) is 15.5. The summed E-state index contributed by atoms with van der Waals surface area (Å²) in [4.78, 5) is 52.3. The third-order valence-electron chi connectivity index (χ3n) is 5.68. The molecule has 32 heavy (non-hydrogen) atoms. The highest BCUT2D eigenvalue weighted by atomic mass is 32.2. The molecule has 8 nitrogen and oxygen atoms in total. The van der Waals surface area contributed by atoms with Gasteiger partial charge in [-0.25, -0.2) is 0 Å². The van der Waals surface area contributed by atoms with E-state index in [1.54, 1.807) is 17.8 Å². The fraction of sp³-hybridized carbons (Fsp3) is 0.391. The van der Waals surface area contributed by atoms with Gasteiger partial charge in [0.2, 0.25) is 17.7 Å². The van der Waals surface area contributed by atoms with E-state index in [1.165, 1.54) is 0 Å². The number of nitrogens with zero attached hydrogens (tertiary/aromatic N) is 1. The molecule has 4 amide bonds. The third-order valence-corrected chi connectivity index (χ3v) is 6.77. The molecule has 1 aromatic carbocycles. The smallest absolute Gasteiger partial charge is 0.253 e. The summed E-state index contributed by atoms with van der Waals surface area (Å²) in [5.74, 6) is -0.998. The van der Waals surface area contributed by atoms with Gasteiger partial charge in [-0.1, -0.05) is 30.3 Å². The molecule has 9 heteroatoms. The number of thioether (sulfide) groups is 1. The van der Waals surface area contributed by atoms with Gasteiger partial charge in [-0.15, -0.1) is 11.8 Å². The second-order valence-electron chi connectivity index (χ2n) is 8.06. The van der Waals surface area contributed by atoms with Crippen LogP contribution in [-0.4, -0.2) is 60.0 Å². The molecular weight excluding hydrogens is 428 g/mol. The maximum Gasteiger partial charge on any atom is 0.253 e. The fourth-order valence-electron chi connectivity index (χ4n) is 3.98. The molecule has 1 aromatic rings. The van der Waals surface area contributed by atoms with Gasteiger partial charge in [0.15, 0.2) is 0 Å². The van der Waals surface area contributed by atoms with Crippen LogP contribution in [0.4, 0.5) is 0 Å². The van der Waals surface area contributed by atoms with Gasteiger partial charge < -0.3 is 10.6 Å². The summed E-state index contributed by atoms with van der Waals surface area (Å²) in [5.41, 5.74) is 1.84. The van der Waals surface area contributed by atoms with E-state index in [-0.39, 0.29) is 24.7 Å². The molecule has 0 radical (unpaired) electrons. The lowest BCUT2D eigenvalue weighted by Gasteiger charge is -2.25. The monoisotopic (exact) mass is 454 g/mol. The summed E-state index contributed by atoms with van der Waals surface area (Å²) in [5, 5.41) is 7.91. The Morgan fingerprint density at radius 2 is 1.88 bits per heavy atom. The fourth-order valence-corrected chi connectivity index (χ4v) is 5.01. The Kier molecular flexibility index (Phi) is 7.06. The summed E-state index contributed by atoms with van der Waals surface area (Å²) >= 11 is 1.55. The summed E-state index contributed by atoms with van der Waals surface area (Å²) in [7, 11) is 0. The van der Waals surface area contributed by atoms with Crippen LogP contribution in [0.25, 0.3) is 4.91 Å². The summed E-state index contributed by atoms with van der Waals surface area (Å²) in [6, 6.07) is 8.93. The Bertz CT molecular complexity index is 983. The number of imide groups is 1. The van der Waals surface area contributed by atoms with E-state index < -0.39 is 17.9 Å². The highest BCUT2D eigenvalue weighted by Crippen LogP contribution is 2.35. The van der Waals surface area contributed by atoms with Crippen molar-refractivity contribution in [1.82, 2.24) is 20.9 Å². The van der Waals surface area contributed by atoms with Crippen molar-refractivity contribution in [2.24, 2.45) is 0 Å². The molecule has 0 aliphatic carbocycles. The minimum Gasteiger partial charge on any atom is -0.340 e. The van der Waals surface area contributed by atoms with Crippen molar-refractivity contribution in [3.8, 4) is 0 Å². The lowest BCUT2D eigenvalue weighted by Crippen LogP contribution is -2.52. The SMILES string of the molecule is O=C1CCC(NC(=O)C2=C(NC(=O)CN3CCCC3)CSC(c3ccccc3)=C2)C(=O)N1. The van der Waals surface area contributed by atoms with E-state index in [9.17, 15) is 19.2 Å². The van der Waals surface area contributed by atoms with Gasteiger partial charge in [-0.3, -0.25) is 29.4 Å². The second kappa shape index (κ2) is 10.1. The van der Waals surface area contributed by atoms with Gasteiger partial charge in [-0.2, -0.15) is 0 Å². The molecule has 3 aliphatic heterocycles. The van der Waals surface area contributed by atoms with Crippen molar-refractivity contribution in [3.05, 3.63) is 53.2 Å². The molecule has 0 bridgehead atoms. The number of benzene rings is 1. The highest BCUT2D eigenvalue weighted by Gasteiger charge is 2.30. The Morgan fingerprint density at radius 1 is 1.12 bits per heavy atom. The van der Waals surface area contributed by atoms with Crippen LogP contribution in [-0.2, 0) is 19.2 Å². The Hall–Kier alpha value is -2.91. The first-order valence-corrected chi connectivity index (χ1v) is 11.8. The number of amides is 4. The van der Waals surface area contributed by atoms with E-state index in [0.717, 1.165) is 36.4 Å². The van der Waals surface area contributed by atoms with Crippen LogP contribution in [0.5, 0.6) is 0 Å². The predicted molar refractivity (Wildman–Crippen MR) is 122 cm³/mol. The van der Waals surface area contributed by atoms with E-state index in [4.69, 9.17) is 0 Å². The zero-order valence-corrected chi connectivity index (χ0v) is 18.5.